The van der Waals surface area contributed by atoms with Crippen LogP contribution in [0.15, 0.2) is 24.3 Å². The lowest BCUT2D eigenvalue weighted by molar-refractivity contribution is -0.135. The van der Waals surface area contributed by atoms with Crippen molar-refractivity contribution in [2.45, 2.75) is 166 Å². The largest absolute Gasteiger partial charge is 0.426 e. The Morgan fingerprint density at radius 2 is 1.27 bits per heavy atom. The molecule has 5 atom stereocenters. The highest BCUT2D eigenvalue weighted by molar-refractivity contribution is 5.73. The fraction of sp³-hybridized carbons (Fsp3) is 0.667. The van der Waals surface area contributed by atoms with Crippen LogP contribution in [0, 0.1) is 23.5 Å². The number of ether oxygens (including phenoxy) is 2. The van der Waals surface area contributed by atoms with Crippen LogP contribution in [0.1, 0.15) is 158 Å². The number of halogens is 2. The minimum atomic E-state index is -0.343. The van der Waals surface area contributed by atoms with E-state index in [2.05, 4.69) is 13.8 Å². The average molecular weight is 678 g/mol. The first-order chi connectivity index (χ1) is 23.6. The van der Waals surface area contributed by atoms with E-state index in [-0.39, 0.29) is 58.5 Å². The van der Waals surface area contributed by atoms with Crippen LogP contribution in [0.25, 0.3) is 0 Å². The number of benzene rings is 2. The second-order valence-corrected chi connectivity index (χ2v) is 16.4. The SMILES string of the molecule is C[C@@]12CCCCCC(Cc3c(F)cc(OC(=O)CCCCCCCCC(=O)Oc4cc(F)c5c(c4)[C@@]4(C)CCCCCC(C5)[C@@H]4N)cc31)C2. The molecule has 5 nitrogen and oxygen atoms in total. The lowest BCUT2D eigenvalue weighted by Crippen LogP contribution is -2.53. The Balaban J connectivity index is 0.901. The number of hydrogen-bond acceptors (Lipinski definition) is 5. The van der Waals surface area contributed by atoms with E-state index in [9.17, 15) is 9.59 Å². The third-order valence-electron chi connectivity index (χ3n) is 12.6. The van der Waals surface area contributed by atoms with Gasteiger partial charge in [0.1, 0.15) is 23.1 Å². The topological polar surface area (TPSA) is 78.6 Å². The molecule has 4 aliphatic carbocycles. The maximum atomic E-state index is 15.3. The van der Waals surface area contributed by atoms with Crippen molar-refractivity contribution in [2.24, 2.45) is 17.6 Å². The summed E-state index contributed by atoms with van der Waals surface area (Å²) in [6.45, 7) is 4.42. The molecule has 0 radical (unpaired) electrons. The van der Waals surface area contributed by atoms with E-state index in [1.54, 1.807) is 0 Å². The summed E-state index contributed by atoms with van der Waals surface area (Å²) in [5.41, 5.74) is 9.93. The highest BCUT2D eigenvalue weighted by atomic mass is 19.1. The molecule has 0 amide bonds. The maximum Gasteiger partial charge on any atom is 0.311 e. The third-order valence-corrected chi connectivity index (χ3v) is 12.6. The Kier molecular flexibility index (Phi) is 11.5. The summed E-state index contributed by atoms with van der Waals surface area (Å²) in [6, 6.07) is 6.56. The zero-order valence-corrected chi connectivity index (χ0v) is 29.9. The van der Waals surface area contributed by atoms with Crippen LogP contribution in [-0.2, 0) is 33.3 Å². The molecule has 2 saturated carbocycles. The van der Waals surface area contributed by atoms with Crippen molar-refractivity contribution >= 4 is 11.9 Å². The van der Waals surface area contributed by atoms with Gasteiger partial charge in [0, 0.05) is 36.4 Å². The molecule has 0 heterocycles. The Labute approximate surface area is 292 Å². The zero-order chi connectivity index (χ0) is 34.6. The number of fused-ring (bicyclic) bond motifs is 8. The van der Waals surface area contributed by atoms with Gasteiger partial charge in [0.15, 0.2) is 0 Å². The molecule has 4 bridgehead atoms. The van der Waals surface area contributed by atoms with Crippen LogP contribution in [0.4, 0.5) is 8.78 Å². The van der Waals surface area contributed by atoms with Gasteiger partial charge in [-0.3, -0.25) is 9.59 Å². The van der Waals surface area contributed by atoms with Gasteiger partial charge in [-0.15, -0.1) is 0 Å². The zero-order valence-electron chi connectivity index (χ0n) is 29.9. The number of esters is 2. The van der Waals surface area contributed by atoms with Crippen molar-refractivity contribution in [3.05, 3.63) is 58.2 Å². The highest BCUT2D eigenvalue weighted by Gasteiger charge is 2.45. The van der Waals surface area contributed by atoms with E-state index in [4.69, 9.17) is 15.2 Å². The summed E-state index contributed by atoms with van der Waals surface area (Å²) in [4.78, 5) is 25.3. The number of carbonyl (C=O) groups is 2. The van der Waals surface area contributed by atoms with Gasteiger partial charge in [-0.1, -0.05) is 84.5 Å². The van der Waals surface area contributed by atoms with Crippen molar-refractivity contribution in [3.8, 4) is 11.5 Å². The molecule has 6 rings (SSSR count). The first-order valence-corrected chi connectivity index (χ1v) is 19.4. The molecule has 4 aliphatic rings. The first kappa shape index (κ1) is 36.0. The van der Waals surface area contributed by atoms with E-state index < -0.39 is 0 Å². The fourth-order valence-electron chi connectivity index (χ4n) is 9.84. The second-order valence-electron chi connectivity index (χ2n) is 16.4. The molecular formula is C42H57F2NO4. The molecule has 2 aromatic carbocycles. The lowest BCUT2D eigenvalue weighted by atomic mass is 9.60. The third kappa shape index (κ3) is 8.24. The Hall–Kier alpha value is -2.80. The van der Waals surface area contributed by atoms with Gasteiger partial charge in [0.2, 0.25) is 0 Å². The van der Waals surface area contributed by atoms with Gasteiger partial charge in [0.05, 0.1) is 0 Å². The normalized spacial score (nSPS) is 27.8. The summed E-state index contributed by atoms with van der Waals surface area (Å²) >= 11 is 0. The lowest BCUT2D eigenvalue weighted by Gasteiger charge is -2.47. The predicted octanol–water partition coefficient (Wildman–Crippen LogP) is 10.1. The van der Waals surface area contributed by atoms with Crippen LogP contribution >= 0.6 is 0 Å². The number of rotatable bonds is 11. The highest BCUT2D eigenvalue weighted by Crippen LogP contribution is 2.49. The standard InChI is InChI=1S/C42H57F2NO4/c1-41-19-13-7-9-15-28(27-41)21-32-34(41)23-30(25-36(32)43)48-38(46)17-11-5-3-4-6-12-18-39(47)49-31-24-35-33(37(44)26-31)22-29-16-10-8-14-20-42(35,2)40(29)45/h23-26,28-29,40H,3-22,27,45H2,1-2H3/t28?,29?,40-,41-,42+/m0/s1. The molecule has 0 aromatic heterocycles. The van der Waals surface area contributed by atoms with E-state index >= 15 is 8.78 Å². The van der Waals surface area contributed by atoms with E-state index in [1.165, 1.54) is 37.8 Å². The molecular weight excluding hydrogens is 620 g/mol. The summed E-state index contributed by atoms with van der Waals surface area (Å²) in [6.07, 6.45) is 19.4. The van der Waals surface area contributed by atoms with Crippen LogP contribution in [0.3, 0.4) is 0 Å². The van der Waals surface area contributed by atoms with Crippen molar-refractivity contribution in [3.63, 3.8) is 0 Å². The molecule has 2 unspecified atom stereocenters. The molecule has 49 heavy (non-hydrogen) atoms. The smallest absolute Gasteiger partial charge is 0.311 e. The molecule has 268 valence electrons. The maximum absolute atomic E-state index is 15.3. The Bertz CT molecular complexity index is 1510. The predicted molar refractivity (Wildman–Crippen MR) is 189 cm³/mol. The molecule has 2 fully saturated rings. The van der Waals surface area contributed by atoms with Crippen LogP contribution in [0.5, 0.6) is 11.5 Å². The van der Waals surface area contributed by atoms with Gasteiger partial charge in [-0.25, -0.2) is 8.78 Å². The average Bonchev–Trinajstić information content (AvgIpc) is 3.04. The van der Waals surface area contributed by atoms with Crippen molar-refractivity contribution in [1.29, 1.82) is 0 Å². The summed E-state index contributed by atoms with van der Waals surface area (Å²) < 4.78 is 41.8. The van der Waals surface area contributed by atoms with Gasteiger partial charge in [-0.2, -0.15) is 0 Å². The van der Waals surface area contributed by atoms with Crippen LogP contribution < -0.4 is 15.2 Å². The van der Waals surface area contributed by atoms with Crippen molar-refractivity contribution in [1.82, 2.24) is 0 Å². The van der Waals surface area contributed by atoms with Crippen LogP contribution in [-0.4, -0.2) is 18.0 Å². The number of carbonyl (C=O) groups excluding carboxylic acids is 2. The minimum absolute atomic E-state index is 0.0206. The van der Waals surface area contributed by atoms with Crippen molar-refractivity contribution < 1.29 is 27.8 Å². The summed E-state index contributed by atoms with van der Waals surface area (Å²) in [5.74, 6) is 0.262. The minimum Gasteiger partial charge on any atom is -0.426 e. The molecule has 0 aliphatic heterocycles. The van der Waals surface area contributed by atoms with Gasteiger partial charge >= 0.3 is 11.9 Å². The first-order valence-electron chi connectivity index (χ1n) is 19.4. The molecule has 2 N–H and O–H groups in total. The Morgan fingerprint density at radius 3 is 1.92 bits per heavy atom. The number of hydrogen-bond donors (Lipinski definition) is 1. The number of unbranched alkanes of at least 4 members (excludes halogenated alkanes) is 5. The fourth-order valence-corrected chi connectivity index (χ4v) is 9.84. The molecule has 0 saturated heterocycles. The summed E-state index contributed by atoms with van der Waals surface area (Å²) in [7, 11) is 0. The molecule has 7 heteroatoms. The van der Waals surface area contributed by atoms with Crippen LogP contribution in [0.2, 0.25) is 0 Å². The molecule has 2 aromatic rings. The van der Waals surface area contributed by atoms with E-state index in [0.717, 1.165) is 99.3 Å². The van der Waals surface area contributed by atoms with E-state index in [1.807, 2.05) is 12.1 Å². The number of nitrogens with two attached hydrogens (primary N) is 1. The molecule has 0 spiro atoms. The summed E-state index contributed by atoms with van der Waals surface area (Å²) in [5, 5.41) is 0. The van der Waals surface area contributed by atoms with Crippen molar-refractivity contribution in [2.75, 3.05) is 0 Å². The quantitative estimate of drug-likeness (QED) is 0.146. The van der Waals surface area contributed by atoms with Gasteiger partial charge in [0.25, 0.3) is 0 Å². The Morgan fingerprint density at radius 1 is 0.714 bits per heavy atom. The van der Waals surface area contributed by atoms with E-state index in [0.29, 0.717) is 37.4 Å². The van der Waals surface area contributed by atoms with Gasteiger partial charge < -0.3 is 15.2 Å². The monoisotopic (exact) mass is 677 g/mol. The van der Waals surface area contributed by atoms with Gasteiger partial charge in [-0.05, 0) is 103 Å². The second kappa shape index (κ2) is 15.6.